The largest absolute Gasteiger partial charge is 0.385 e. The highest BCUT2D eigenvalue weighted by molar-refractivity contribution is 5.77. The van der Waals surface area contributed by atoms with E-state index in [0.717, 1.165) is 54.8 Å². The Hall–Kier alpha value is -3.55. The van der Waals surface area contributed by atoms with E-state index < -0.39 is 0 Å². The smallest absolute Gasteiger partial charge is 0.224 e. The van der Waals surface area contributed by atoms with Crippen LogP contribution in [0.1, 0.15) is 43.0 Å². The molecule has 2 aromatic carbocycles. The lowest BCUT2D eigenvalue weighted by atomic mass is 9.95. The van der Waals surface area contributed by atoms with Gasteiger partial charge in [0.15, 0.2) is 0 Å². The van der Waals surface area contributed by atoms with Gasteiger partial charge in [-0.05, 0) is 48.4 Å². The first-order chi connectivity index (χ1) is 18.6. The van der Waals surface area contributed by atoms with Gasteiger partial charge in [0.05, 0.1) is 17.2 Å². The molecule has 7 heteroatoms. The number of methoxy groups -OCH3 is 1. The highest BCUT2D eigenvalue weighted by Gasteiger charge is 2.29. The fourth-order valence-corrected chi connectivity index (χ4v) is 5.51. The predicted octanol–water partition coefficient (Wildman–Crippen LogP) is 4.80. The Morgan fingerprint density at radius 2 is 1.89 bits per heavy atom. The molecular weight excluding hydrogens is 474 g/mol. The maximum Gasteiger partial charge on any atom is 0.224 e. The summed E-state index contributed by atoms with van der Waals surface area (Å²) < 4.78 is 7.55. The summed E-state index contributed by atoms with van der Waals surface area (Å²) in [5.74, 6) is 1.38. The summed E-state index contributed by atoms with van der Waals surface area (Å²) >= 11 is 0. The van der Waals surface area contributed by atoms with Crippen molar-refractivity contribution < 1.29 is 9.53 Å². The molecule has 1 aliphatic rings. The first kappa shape index (κ1) is 26.1. The van der Waals surface area contributed by atoms with Crippen LogP contribution in [0.15, 0.2) is 73.1 Å². The molecule has 1 amide bonds. The van der Waals surface area contributed by atoms with E-state index in [1.165, 1.54) is 11.1 Å². The average molecular weight is 512 g/mol. The quantitative estimate of drug-likeness (QED) is 0.309. The Bertz CT molecular complexity index is 1340. The minimum absolute atomic E-state index is 0.131. The number of benzene rings is 2. The lowest BCUT2D eigenvalue weighted by Gasteiger charge is -2.33. The SMILES string of the molecule is COCCCn1c([C@@H]2CCCN(C(=O)C[C@H](N)Cc3ccc(-c4ccccc4)cc3)C2)nc2ccncc21. The summed E-state index contributed by atoms with van der Waals surface area (Å²) in [6.07, 6.45) is 7.58. The summed E-state index contributed by atoms with van der Waals surface area (Å²) in [6.45, 7) is 2.98. The fraction of sp³-hybridized carbons (Fsp3) is 0.387. The molecule has 0 unspecified atom stereocenters. The van der Waals surface area contributed by atoms with Gasteiger partial charge in [0.1, 0.15) is 5.82 Å². The Morgan fingerprint density at radius 1 is 1.11 bits per heavy atom. The lowest BCUT2D eigenvalue weighted by molar-refractivity contribution is -0.132. The van der Waals surface area contributed by atoms with Crippen LogP contribution >= 0.6 is 0 Å². The number of piperidine rings is 1. The predicted molar refractivity (Wildman–Crippen MR) is 151 cm³/mol. The number of aromatic nitrogens is 3. The van der Waals surface area contributed by atoms with E-state index in [2.05, 4.69) is 45.9 Å². The van der Waals surface area contributed by atoms with Gasteiger partial charge in [0.25, 0.3) is 0 Å². The van der Waals surface area contributed by atoms with Crippen LogP contribution in [-0.4, -0.2) is 58.2 Å². The van der Waals surface area contributed by atoms with Gasteiger partial charge in [-0.2, -0.15) is 0 Å². The molecule has 0 saturated carbocycles. The molecule has 0 aliphatic carbocycles. The van der Waals surface area contributed by atoms with Crippen molar-refractivity contribution in [3.63, 3.8) is 0 Å². The molecule has 5 rings (SSSR count). The molecule has 0 bridgehead atoms. The van der Waals surface area contributed by atoms with Crippen molar-refractivity contribution >= 4 is 16.9 Å². The molecule has 4 aromatic rings. The number of rotatable bonds is 10. The number of hydrogen-bond acceptors (Lipinski definition) is 5. The minimum Gasteiger partial charge on any atom is -0.385 e. The molecule has 2 aromatic heterocycles. The van der Waals surface area contributed by atoms with Crippen molar-refractivity contribution in [2.24, 2.45) is 5.73 Å². The second-order valence-electron chi connectivity index (χ2n) is 10.2. The van der Waals surface area contributed by atoms with Gasteiger partial charge >= 0.3 is 0 Å². The van der Waals surface area contributed by atoms with E-state index in [0.29, 0.717) is 26.0 Å². The summed E-state index contributed by atoms with van der Waals surface area (Å²) in [5, 5.41) is 0. The zero-order chi connectivity index (χ0) is 26.3. The van der Waals surface area contributed by atoms with Crippen LogP contribution in [-0.2, 0) is 22.5 Å². The third-order valence-corrected chi connectivity index (χ3v) is 7.45. The van der Waals surface area contributed by atoms with Crippen LogP contribution in [0.3, 0.4) is 0 Å². The van der Waals surface area contributed by atoms with E-state index in [1.807, 2.05) is 35.4 Å². The van der Waals surface area contributed by atoms with Gasteiger partial charge in [-0.15, -0.1) is 0 Å². The standard InChI is InChI=1S/C31H37N5O2/c1-38-18-6-17-36-29-21-33-15-14-28(29)34-31(36)26-9-5-16-35(22-26)30(37)20-27(32)19-23-10-12-25(13-11-23)24-7-3-2-4-8-24/h2-4,7-8,10-15,21,26-27H,5-6,9,16-20,22,32H2,1H3/t26-,27-/m1/s1. The van der Waals surface area contributed by atoms with Gasteiger partial charge in [-0.3, -0.25) is 9.78 Å². The Kier molecular flexibility index (Phi) is 8.46. The van der Waals surface area contributed by atoms with Crippen molar-refractivity contribution in [2.75, 3.05) is 26.8 Å². The van der Waals surface area contributed by atoms with E-state index in [-0.39, 0.29) is 17.9 Å². The molecule has 1 aliphatic heterocycles. The maximum atomic E-state index is 13.3. The number of likely N-dealkylation sites (tertiary alicyclic amines) is 1. The number of imidazole rings is 1. The van der Waals surface area contributed by atoms with Gasteiger partial charge in [-0.1, -0.05) is 54.6 Å². The van der Waals surface area contributed by atoms with E-state index in [9.17, 15) is 4.79 Å². The monoisotopic (exact) mass is 511 g/mol. The molecule has 1 fully saturated rings. The minimum atomic E-state index is -0.213. The van der Waals surface area contributed by atoms with Gasteiger partial charge in [0.2, 0.25) is 5.91 Å². The van der Waals surface area contributed by atoms with Crippen LogP contribution in [0, 0.1) is 0 Å². The molecule has 38 heavy (non-hydrogen) atoms. The molecule has 7 nitrogen and oxygen atoms in total. The third kappa shape index (κ3) is 6.11. The number of pyridine rings is 1. The Morgan fingerprint density at radius 3 is 2.68 bits per heavy atom. The second-order valence-corrected chi connectivity index (χ2v) is 10.2. The number of nitrogens with zero attached hydrogens (tertiary/aromatic N) is 4. The van der Waals surface area contributed by atoms with E-state index >= 15 is 0 Å². The van der Waals surface area contributed by atoms with Gasteiger partial charge in [-0.25, -0.2) is 4.98 Å². The van der Waals surface area contributed by atoms with E-state index in [4.69, 9.17) is 15.5 Å². The summed E-state index contributed by atoms with van der Waals surface area (Å²) in [4.78, 5) is 24.6. The highest BCUT2D eigenvalue weighted by atomic mass is 16.5. The van der Waals surface area contributed by atoms with Crippen molar-refractivity contribution in [2.45, 2.75) is 50.6 Å². The molecule has 2 N–H and O–H groups in total. The van der Waals surface area contributed by atoms with E-state index in [1.54, 1.807) is 13.3 Å². The fourth-order valence-electron chi connectivity index (χ4n) is 5.51. The molecule has 3 heterocycles. The summed E-state index contributed by atoms with van der Waals surface area (Å²) in [5.41, 5.74) is 12.0. The number of carbonyl (C=O) groups excluding carboxylic acids is 1. The van der Waals surface area contributed by atoms with Crippen molar-refractivity contribution in [1.29, 1.82) is 0 Å². The second kappa shape index (κ2) is 12.3. The number of hydrogen-bond donors (Lipinski definition) is 1. The summed E-state index contributed by atoms with van der Waals surface area (Å²) in [7, 11) is 1.73. The van der Waals surface area contributed by atoms with Crippen LogP contribution in [0.5, 0.6) is 0 Å². The zero-order valence-corrected chi connectivity index (χ0v) is 22.1. The van der Waals surface area contributed by atoms with Crippen molar-refractivity contribution in [3.05, 3.63) is 84.4 Å². The normalized spacial score (nSPS) is 16.6. The average Bonchev–Trinajstić information content (AvgIpc) is 3.33. The number of carbonyl (C=O) groups is 1. The maximum absolute atomic E-state index is 13.3. The molecule has 0 spiro atoms. The number of ether oxygens (including phenoxy) is 1. The molecule has 1 saturated heterocycles. The van der Waals surface area contributed by atoms with Crippen molar-refractivity contribution in [1.82, 2.24) is 19.4 Å². The first-order valence-corrected chi connectivity index (χ1v) is 13.6. The topological polar surface area (TPSA) is 86.3 Å². The highest BCUT2D eigenvalue weighted by Crippen LogP contribution is 2.30. The van der Waals surface area contributed by atoms with Crippen LogP contribution in [0.4, 0.5) is 0 Å². The van der Waals surface area contributed by atoms with Crippen LogP contribution < -0.4 is 5.73 Å². The van der Waals surface area contributed by atoms with Gasteiger partial charge < -0.3 is 19.9 Å². The summed E-state index contributed by atoms with van der Waals surface area (Å²) in [6, 6.07) is 20.6. The van der Waals surface area contributed by atoms with Crippen LogP contribution in [0.2, 0.25) is 0 Å². The molecule has 198 valence electrons. The Balaban J connectivity index is 1.21. The number of amides is 1. The lowest BCUT2D eigenvalue weighted by Crippen LogP contribution is -2.42. The first-order valence-electron chi connectivity index (χ1n) is 13.6. The number of nitrogens with two attached hydrogens (primary N) is 1. The molecule has 2 atom stereocenters. The molecule has 0 radical (unpaired) electrons. The molecular formula is C31H37N5O2. The number of aryl methyl sites for hydroxylation is 1. The van der Waals surface area contributed by atoms with Crippen LogP contribution in [0.25, 0.3) is 22.2 Å². The number of fused-ring (bicyclic) bond motifs is 1. The third-order valence-electron chi connectivity index (χ3n) is 7.45. The zero-order valence-electron chi connectivity index (χ0n) is 22.1. The Labute approximate surface area is 224 Å². The van der Waals surface area contributed by atoms with Crippen molar-refractivity contribution in [3.8, 4) is 11.1 Å². The van der Waals surface area contributed by atoms with Gasteiger partial charge in [0, 0.05) is 57.9 Å².